The number of hydrogen-bond acceptors (Lipinski definition) is 2. The van der Waals surface area contributed by atoms with E-state index in [0.717, 1.165) is 25.9 Å². The molecule has 1 fully saturated rings. The average molecular weight is 288 g/mol. The van der Waals surface area contributed by atoms with Gasteiger partial charge in [0.2, 0.25) is 5.91 Å². The first-order valence-corrected chi connectivity index (χ1v) is 8.20. The van der Waals surface area contributed by atoms with E-state index < -0.39 is 0 Å². The third-order valence-corrected chi connectivity index (χ3v) is 4.44. The van der Waals surface area contributed by atoms with Gasteiger partial charge in [-0.25, -0.2) is 0 Å². The number of hydrogen-bond donors (Lipinski definition) is 1. The molecule has 1 saturated heterocycles. The highest BCUT2D eigenvalue weighted by atomic mass is 16.2. The van der Waals surface area contributed by atoms with E-state index in [2.05, 4.69) is 43.4 Å². The molecule has 21 heavy (non-hydrogen) atoms. The summed E-state index contributed by atoms with van der Waals surface area (Å²) in [4.78, 5) is 14.6. The van der Waals surface area contributed by atoms with Gasteiger partial charge in [0.15, 0.2) is 0 Å². The number of likely N-dealkylation sites (tertiary alicyclic amines) is 1. The number of nitrogens with zero attached hydrogens (tertiary/aromatic N) is 1. The van der Waals surface area contributed by atoms with E-state index in [1.165, 1.54) is 24.0 Å². The van der Waals surface area contributed by atoms with Crippen molar-refractivity contribution in [2.24, 2.45) is 0 Å². The highest BCUT2D eigenvalue weighted by Crippen LogP contribution is 2.18. The van der Waals surface area contributed by atoms with Gasteiger partial charge in [0.25, 0.3) is 0 Å². The zero-order chi connectivity index (χ0) is 15.2. The number of rotatable bonds is 4. The van der Waals surface area contributed by atoms with Crippen molar-refractivity contribution in [1.82, 2.24) is 10.2 Å². The lowest BCUT2D eigenvalue weighted by atomic mass is 10.0. The van der Waals surface area contributed by atoms with Gasteiger partial charge >= 0.3 is 0 Å². The van der Waals surface area contributed by atoms with Crippen LogP contribution in [0.5, 0.6) is 0 Å². The molecule has 0 spiro atoms. The summed E-state index contributed by atoms with van der Waals surface area (Å²) in [5, 5.41) is 3.46. The van der Waals surface area contributed by atoms with Crippen LogP contribution in [0.25, 0.3) is 0 Å². The predicted molar refractivity (Wildman–Crippen MR) is 87.2 cm³/mol. The van der Waals surface area contributed by atoms with Gasteiger partial charge < -0.3 is 4.90 Å². The largest absolute Gasteiger partial charge is 0.341 e. The molecule has 0 aromatic heterocycles. The van der Waals surface area contributed by atoms with Gasteiger partial charge in [0, 0.05) is 19.1 Å². The van der Waals surface area contributed by atoms with Crippen molar-refractivity contribution in [3.63, 3.8) is 0 Å². The minimum atomic E-state index is -0.127. The SMILES string of the molecule is Cc1ccccc1[C@@H](C)NC(C)C(=O)N1CCCCCC1. The molecule has 3 heteroatoms. The summed E-state index contributed by atoms with van der Waals surface area (Å²) in [6, 6.07) is 8.43. The Labute approximate surface area is 128 Å². The fourth-order valence-electron chi connectivity index (χ4n) is 3.17. The number of nitrogens with one attached hydrogen (secondary N) is 1. The van der Waals surface area contributed by atoms with Crippen LogP contribution in [0.2, 0.25) is 0 Å². The smallest absolute Gasteiger partial charge is 0.239 e. The van der Waals surface area contributed by atoms with Crippen LogP contribution in [-0.4, -0.2) is 29.9 Å². The van der Waals surface area contributed by atoms with Crippen molar-refractivity contribution >= 4 is 5.91 Å². The van der Waals surface area contributed by atoms with Crippen LogP contribution in [0.15, 0.2) is 24.3 Å². The van der Waals surface area contributed by atoms with Crippen molar-refractivity contribution < 1.29 is 4.79 Å². The van der Waals surface area contributed by atoms with Crippen molar-refractivity contribution in [2.45, 2.75) is 58.5 Å². The van der Waals surface area contributed by atoms with E-state index in [1.54, 1.807) is 0 Å². The number of benzene rings is 1. The molecule has 116 valence electrons. The molecule has 1 unspecified atom stereocenters. The summed E-state index contributed by atoms with van der Waals surface area (Å²) in [5.74, 6) is 0.248. The second-order valence-electron chi connectivity index (χ2n) is 6.21. The van der Waals surface area contributed by atoms with Crippen LogP contribution in [0.1, 0.15) is 56.7 Å². The third kappa shape index (κ3) is 4.31. The molecule has 1 amide bonds. The molecule has 3 nitrogen and oxygen atoms in total. The van der Waals surface area contributed by atoms with E-state index in [4.69, 9.17) is 0 Å². The molecule has 0 aliphatic carbocycles. The van der Waals surface area contributed by atoms with Crippen molar-refractivity contribution in [3.8, 4) is 0 Å². The molecule has 1 aliphatic rings. The summed E-state index contributed by atoms with van der Waals surface area (Å²) in [5.41, 5.74) is 2.54. The quantitative estimate of drug-likeness (QED) is 0.920. The zero-order valence-corrected chi connectivity index (χ0v) is 13.6. The molecule has 0 saturated carbocycles. The minimum Gasteiger partial charge on any atom is -0.341 e. The first-order valence-electron chi connectivity index (χ1n) is 8.20. The van der Waals surface area contributed by atoms with Crippen LogP contribution in [0.4, 0.5) is 0 Å². The molecule has 1 heterocycles. The van der Waals surface area contributed by atoms with Gasteiger partial charge in [-0.2, -0.15) is 0 Å². The van der Waals surface area contributed by atoms with Gasteiger partial charge in [-0.3, -0.25) is 10.1 Å². The van der Waals surface area contributed by atoms with E-state index in [-0.39, 0.29) is 18.0 Å². The van der Waals surface area contributed by atoms with Crippen LogP contribution in [-0.2, 0) is 4.79 Å². The van der Waals surface area contributed by atoms with Crippen molar-refractivity contribution in [3.05, 3.63) is 35.4 Å². The van der Waals surface area contributed by atoms with Gasteiger partial charge in [0.05, 0.1) is 6.04 Å². The summed E-state index contributed by atoms with van der Waals surface area (Å²) in [7, 11) is 0. The molecule has 2 atom stereocenters. The monoisotopic (exact) mass is 288 g/mol. The second kappa shape index (κ2) is 7.60. The molecule has 0 bridgehead atoms. The van der Waals surface area contributed by atoms with E-state index in [9.17, 15) is 4.79 Å². The molecular formula is C18H28N2O. The first-order chi connectivity index (χ1) is 10.1. The molecule has 1 aromatic carbocycles. The maximum absolute atomic E-state index is 12.6. The Morgan fingerprint density at radius 3 is 2.33 bits per heavy atom. The van der Waals surface area contributed by atoms with Gasteiger partial charge in [-0.1, -0.05) is 37.1 Å². The number of aryl methyl sites for hydroxylation is 1. The summed E-state index contributed by atoms with van der Waals surface area (Å²) < 4.78 is 0. The zero-order valence-electron chi connectivity index (χ0n) is 13.6. The second-order valence-corrected chi connectivity index (χ2v) is 6.21. The van der Waals surface area contributed by atoms with Crippen LogP contribution in [0.3, 0.4) is 0 Å². The van der Waals surface area contributed by atoms with Crippen molar-refractivity contribution in [1.29, 1.82) is 0 Å². The average Bonchev–Trinajstić information content (AvgIpc) is 2.75. The predicted octanol–water partition coefficient (Wildman–Crippen LogP) is 3.44. The number of carbonyl (C=O) groups is 1. The van der Waals surface area contributed by atoms with Crippen LogP contribution < -0.4 is 5.32 Å². The van der Waals surface area contributed by atoms with E-state index in [1.807, 2.05) is 11.8 Å². The fraction of sp³-hybridized carbons (Fsp3) is 0.611. The molecule has 2 rings (SSSR count). The lowest BCUT2D eigenvalue weighted by molar-refractivity contribution is -0.133. The Morgan fingerprint density at radius 2 is 1.71 bits per heavy atom. The van der Waals surface area contributed by atoms with Crippen LogP contribution in [0, 0.1) is 6.92 Å². The summed E-state index contributed by atoms with van der Waals surface area (Å²) in [6.07, 6.45) is 4.80. The van der Waals surface area contributed by atoms with Crippen molar-refractivity contribution in [2.75, 3.05) is 13.1 Å². The molecule has 1 aromatic rings. The van der Waals surface area contributed by atoms with Gasteiger partial charge in [-0.05, 0) is 44.7 Å². The maximum atomic E-state index is 12.6. The van der Waals surface area contributed by atoms with E-state index in [0.29, 0.717) is 0 Å². The highest BCUT2D eigenvalue weighted by Gasteiger charge is 2.23. The standard InChI is InChI=1S/C18H28N2O/c1-14-10-6-7-11-17(14)15(2)19-16(3)18(21)20-12-8-4-5-9-13-20/h6-7,10-11,15-16,19H,4-5,8-9,12-13H2,1-3H3/t15-,16?/m1/s1. The Hall–Kier alpha value is -1.35. The lowest BCUT2D eigenvalue weighted by Crippen LogP contribution is -2.46. The third-order valence-electron chi connectivity index (χ3n) is 4.44. The van der Waals surface area contributed by atoms with Gasteiger partial charge in [0.1, 0.15) is 0 Å². The van der Waals surface area contributed by atoms with Gasteiger partial charge in [-0.15, -0.1) is 0 Å². The molecule has 0 radical (unpaired) electrons. The summed E-state index contributed by atoms with van der Waals surface area (Å²) >= 11 is 0. The topological polar surface area (TPSA) is 32.3 Å². The lowest BCUT2D eigenvalue weighted by Gasteiger charge is -2.27. The Morgan fingerprint density at radius 1 is 1.10 bits per heavy atom. The minimum absolute atomic E-state index is 0.127. The maximum Gasteiger partial charge on any atom is 0.239 e. The Bertz CT molecular complexity index is 464. The number of carbonyl (C=O) groups excluding carboxylic acids is 1. The molecule has 1 aliphatic heterocycles. The highest BCUT2D eigenvalue weighted by molar-refractivity contribution is 5.81. The molecular weight excluding hydrogens is 260 g/mol. The van der Waals surface area contributed by atoms with Crippen LogP contribution >= 0.6 is 0 Å². The Kier molecular flexibility index (Phi) is 5.80. The molecule has 1 N–H and O–H groups in total. The number of amides is 1. The first kappa shape index (κ1) is 16.0. The fourth-order valence-corrected chi connectivity index (χ4v) is 3.17. The Balaban J connectivity index is 1.95. The summed E-state index contributed by atoms with van der Waals surface area (Å²) in [6.45, 7) is 8.08. The normalized spacial score (nSPS) is 18.9. The van der Waals surface area contributed by atoms with E-state index >= 15 is 0 Å².